The fourth-order valence-corrected chi connectivity index (χ4v) is 1.65. The van der Waals surface area contributed by atoms with E-state index in [1.54, 1.807) is 37.4 Å². The van der Waals surface area contributed by atoms with E-state index in [9.17, 15) is 4.79 Å². The number of ether oxygens (including phenoxy) is 1. The number of carbonyl (C=O) groups excluding carboxylic acids is 1. The normalized spacial score (nSPS) is 9.43. The molecular formula is C16H14N2O3. The average Bonchev–Trinajstić information content (AvgIpc) is 2.54. The van der Waals surface area contributed by atoms with E-state index in [0.717, 1.165) is 5.75 Å². The van der Waals surface area contributed by atoms with Gasteiger partial charge in [0.25, 0.3) is 5.91 Å². The Morgan fingerprint density at radius 3 is 2.76 bits per heavy atom. The van der Waals surface area contributed by atoms with Crippen LogP contribution in [0.2, 0.25) is 0 Å². The lowest BCUT2D eigenvalue weighted by molar-refractivity contribution is 0.102. The Morgan fingerprint density at radius 2 is 2.10 bits per heavy atom. The minimum atomic E-state index is -0.277. The smallest absolute Gasteiger partial charge is 0.257 e. The molecule has 0 spiro atoms. The second kappa shape index (κ2) is 7.08. The fraction of sp³-hybridized carbons (Fsp3) is 0.125. The Hall–Kier alpha value is -2.84. The largest absolute Gasteiger partial charge is 0.497 e. The van der Waals surface area contributed by atoms with Gasteiger partial charge in [-0.1, -0.05) is 11.8 Å². The fourth-order valence-electron chi connectivity index (χ4n) is 1.65. The average molecular weight is 282 g/mol. The molecule has 0 atom stereocenters. The molecule has 1 aromatic heterocycles. The van der Waals surface area contributed by atoms with E-state index >= 15 is 0 Å². The maximum Gasteiger partial charge on any atom is 0.257 e. The van der Waals surface area contributed by atoms with Crippen LogP contribution in [0.15, 0.2) is 42.7 Å². The quantitative estimate of drug-likeness (QED) is 0.840. The van der Waals surface area contributed by atoms with Gasteiger partial charge in [-0.05, 0) is 30.3 Å². The van der Waals surface area contributed by atoms with Crippen molar-refractivity contribution in [1.82, 2.24) is 4.98 Å². The number of aliphatic hydroxyl groups excluding tert-OH is 1. The molecule has 0 radical (unpaired) electrons. The number of hydrogen-bond acceptors (Lipinski definition) is 4. The Bertz CT molecular complexity index is 685. The van der Waals surface area contributed by atoms with Crippen LogP contribution in [0, 0.1) is 11.8 Å². The molecule has 1 amide bonds. The summed E-state index contributed by atoms with van der Waals surface area (Å²) in [4.78, 5) is 16.1. The molecule has 1 aromatic carbocycles. The number of aliphatic hydroxyl groups is 1. The minimum absolute atomic E-state index is 0.234. The predicted octanol–water partition coefficient (Wildman–Crippen LogP) is 1.69. The van der Waals surface area contributed by atoms with Gasteiger partial charge in [-0.25, -0.2) is 0 Å². The van der Waals surface area contributed by atoms with E-state index in [0.29, 0.717) is 16.8 Å². The Kier molecular flexibility index (Phi) is 4.91. The van der Waals surface area contributed by atoms with E-state index in [4.69, 9.17) is 9.84 Å². The Morgan fingerprint density at radius 1 is 1.33 bits per heavy atom. The Labute approximate surface area is 122 Å². The molecule has 2 rings (SSSR count). The summed E-state index contributed by atoms with van der Waals surface area (Å²) in [6, 6.07) is 8.64. The van der Waals surface area contributed by atoms with Gasteiger partial charge in [0.1, 0.15) is 12.4 Å². The summed E-state index contributed by atoms with van der Waals surface area (Å²) in [6.07, 6.45) is 3.00. The number of pyridine rings is 1. The third kappa shape index (κ3) is 4.06. The van der Waals surface area contributed by atoms with Gasteiger partial charge in [-0.15, -0.1) is 0 Å². The number of aromatic nitrogens is 1. The zero-order valence-corrected chi connectivity index (χ0v) is 11.5. The van der Waals surface area contributed by atoms with Crippen molar-refractivity contribution in [2.45, 2.75) is 0 Å². The number of rotatable bonds is 3. The first-order chi connectivity index (χ1) is 10.2. The first kappa shape index (κ1) is 14.6. The molecule has 0 unspecified atom stereocenters. The van der Waals surface area contributed by atoms with Crippen molar-refractivity contribution in [1.29, 1.82) is 0 Å². The minimum Gasteiger partial charge on any atom is -0.497 e. The van der Waals surface area contributed by atoms with Gasteiger partial charge in [-0.3, -0.25) is 9.78 Å². The molecule has 5 heteroatoms. The van der Waals surface area contributed by atoms with Crippen LogP contribution in [0.25, 0.3) is 0 Å². The summed E-state index contributed by atoms with van der Waals surface area (Å²) in [5.74, 6) is 5.66. The van der Waals surface area contributed by atoms with Crippen molar-refractivity contribution >= 4 is 11.6 Å². The highest BCUT2D eigenvalue weighted by molar-refractivity contribution is 6.04. The predicted molar refractivity (Wildman–Crippen MR) is 79.1 cm³/mol. The van der Waals surface area contributed by atoms with Crippen molar-refractivity contribution in [3.05, 3.63) is 53.9 Å². The number of nitrogens with one attached hydrogen (secondary N) is 1. The number of carbonyl (C=O) groups is 1. The van der Waals surface area contributed by atoms with Gasteiger partial charge >= 0.3 is 0 Å². The maximum absolute atomic E-state index is 12.1. The lowest BCUT2D eigenvalue weighted by Crippen LogP contribution is -2.12. The van der Waals surface area contributed by atoms with Gasteiger partial charge in [0.2, 0.25) is 0 Å². The van der Waals surface area contributed by atoms with Crippen molar-refractivity contribution in [3.8, 4) is 17.6 Å². The van der Waals surface area contributed by atoms with Crippen LogP contribution >= 0.6 is 0 Å². The number of nitrogens with zero attached hydrogens (tertiary/aromatic N) is 1. The lowest BCUT2D eigenvalue weighted by atomic mass is 10.2. The molecule has 5 nitrogen and oxygen atoms in total. The number of amides is 1. The van der Waals surface area contributed by atoms with E-state index in [2.05, 4.69) is 22.1 Å². The van der Waals surface area contributed by atoms with Gasteiger partial charge in [-0.2, -0.15) is 0 Å². The van der Waals surface area contributed by atoms with Gasteiger partial charge in [0.15, 0.2) is 0 Å². The molecule has 2 aromatic rings. The summed E-state index contributed by atoms with van der Waals surface area (Å²) in [6.45, 7) is -0.234. The van der Waals surface area contributed by atoms with Crippen LogP contribution in [0.3, 0.4) is 0 Å². The molecule has 21 heavy (non-hydrogen) atoms. The monoisotopic (exact) mass is 282 g/mol. The zero-order valence-electron chi connectivity index (χ0n) is 11.5. The molecule has 0 aliphatic heterocycles. The molecule has 0 saturated heterocycles. The van der Waals surface area contributed by atoms with E-state index in [-0.39, 0.29) is 12.5 Å². The highest BCUT2D eigenvalue weighted by atomic mass is 16.5. The summed E-state index contributed by atoms with van der Waals surface area (Å²) in [5.41, 5.74) is 1.63. The summed E-state index contributed by atoms with van der Waals surface area (Å²) >= 11 is 0. The van der Waals surface area contributed by atoms with Crippen molar-refractivity contribution < 1.29 is 14.6 Å². The number of hydrogen-bond donors (Lipinski definition) is 2. The SMILES string of the molecule is COc1ccc(NC(=O)c2cncc(C#CCO)c2)cc1. The van der Waals surface area contributed by atoms with Crippen LogP contribution in [0.4, 0.5) is 5.69 Å². The molecular weight excluding hydrogens is 268 g/mol. The topological polar surface area (TPSA) is 71.5 Å². The van der Waals surface area contributed by atoms with Crippen molar-refractivity contribution in [2.24, 2.45) is 0 Å². The first-order valence-corrected chi connectivity index (χ1v) is 6.23. The zero-order chi connectivity index (χ0) is 15.1. The molecule has 0 aliphatic carbocycles. The lowest BCUT2D eigenvalue weighted by Gasteiger charge is -2.06. The number of anilines is 1. The standard InChI is InChI=1S/C16H14N2O3/c1-21-15-6-4-14(5-7-15)18-16(20)13-9-12(3-2-8-19)10-17-11-13/h4-7,9-11,19H,8H2,1H3,(H,18,20). The highest BCUT2D eigenvalue weighted by Gasteiger charge is 2.07. The summed E-state index contributed by atoms with van der Waals surface area (Å²) in [7, 11) is 1.58. The third-order valence-corrected chi connectivity index (χ3v) is 2.66. The van der Waals surface area contributed by atoms with Gasteiger partial charge in [0, 0.05) is 23.6 Å². The first-order valence-electron chi connectivity index (χ1n) is 6.23. The third-order valence-electron chi connectivity index (χ3n) is 2.66. The van der Waals surface area contributed by atoms with Crippen molar-refractivity contribution in [3.63, 3.8) is 0 Å². The van der Waals surface area contributed by atoms with Crippen molar-refractivity contribution in [2.75, 3.05) is 19.0 Å². The van der Waals surface area contributed by atoms with Gasteiger partial charge < -0.3 is 15.2 Å². The van der Waals surface area contributed by atoms with Crippen LogP contribution in [-0.2, 0) is 0 Å². The molecule has 2 N–H and O–H groups in total. The molecule has 0 aliphatic rings. The van der Waals surface area contributed by atoms with Crippen LogP contribution < -0.4 is 10.1 Å². The van der Waals surface area contributed by atoms with E-state index in [1.165, 1.54) is 12.4 Å². The molecule has 0 bridgehead atoms. The molecule has 1 heterocycles. The van der Waals surface area contributed by atoms with Crippen LogP contribution in [0.5, 0.6) is 5.75 Å². The second-order valence-corrected chi connectivity index (χ2v) is 4.10. The number of benzene rings is 1. The highest BCUT2D eigenvalue weighted by Crippen LogP contribution is 2.16. The molecule has 0 fully saturated rings. The van der Waals surface area contributed by atoms with Crippen LogP contribution in [-0.4, -0.2) is 29.7 Å². The summed E-state index contributed by atoms with van der Waals surface area (Å²) < 4.78 is 5.05. The number of methoxy groups -OCH3 is 1. The van der Waals surface area contributed by atoms with Crippen LogP contribution in [0.1, 0.15) is 15.9 Å². The second-order valence-electron chi connectivity index (χ2n) is 4.10. The van der Waals surface area contributed by atoms with Gasteiger partial charge in [0.05, 0.1) is 12.7 Å². The molecule has 106 valence electrons. The molecule has 0 saturated carbocycles. The van der Waals surface area contributed by atoms with E-state index in [1.807, 2.05) is 0 Å². The maximum atomic E-state index is 12.1. The Balaban J connectivity index is 2.12. The summed E-state index contributed by atoms with van der Waals surface area (Å²) in [5, 5.41) is 11.4. The van der Waals surface area contributed by atoms with E-state index < -0.39 is 0 Å².